The monoisotopic (exact) mass is 267 g/mol. The normalized spacial score (nSPS) is 20.6. The van der Waals surface area contributed by atoms with Gasteiger partial charge in [-0.25, -0.2) is 4.79 Å². The lowest BCUT2D eigenvalue weighted by atomic mass is 10.0. The van der Waals surface area contributed by atoms with Crippen molar-refractivity contribution >= 4 is 11.9 Å². The highest BCUT2D eigenvalue weighted by Crippen LogP contribution is 2.33. The maximum Gasteiger partial charge on any atom is 0.332 e. The van der Waals surface area contributed by atoms with E-state index < -0.39 is 12.1 Å². The number of aliphatic carboxylic acids is 1. The maximum absolute atomic E-state index is 12.2. The Morgan fingerprint density at radius 2 is 2.21 bits per heavy atom. The van der Waals surface area contributed by atoms with Crippen LogP contribution in [0.4, 0.5) is 0 Å². The minimum absolute atomic E-state index is 0.108. The highest BCUT2D eigenvalue weighted by atomic mass is 16.5. The number of nitrogens with zero attached hydrogens (tertiary/aromatic N) is 1. The molecule has 0 aliphatic heterocycles. The number of carbonyl (C=O) groups is 2. The van der Waals surface area contributed by atoms with Crippen LogP contribution in [0.25, 0.3) is 0 Å². The van der Waals surface area contributed by atoms with Gasteiger partial charge in [-0.1, -0.05) is 6.08 Å². The van der Waals surface area contributed by atoms with Gasteiger partial charge in [-0.05, 0) is 45.4 Å². The van der Waals surface area contributed by atoms with Gasteiger partial charge >= 0.3 is 5.97 Å². The van der Waals surface area contributed by atoms with Crippen LogP contribution in [0.1, 0.15) is 45.4 Å². The van der Waals surface area contributed by atoms with Crippen LogP contribution in [0.15, 0.2) is 11.8 Å². The molecule has 0 radical (unpaired) electrons. The first-order chi connectivity index (χ1) is 9.09. The molecule has 0 heterocycles. The summed E-state index contributed by atoms with van der Waals surface area (Å²) in [6.07, 6.45) is 7.55. The molecule has 1 amide bonds. The summed E-state index contributed by atoms with van der Waals surface area (Å²) in [5.74, 6) is -1.15. The SMILES string of the molecule is C[C@@H](OCC(=O)N(C1=CCCCC1)C1CC1)C(=O)O. The molecule has 1 N–H and O–H groups in total. The van der Waals surface area contributed by atoms with E-state index in [-0.39, 0.29) is 12.5 Å². The summed E-state index contributed by atoms with van der Waals surface area (Å²) in [4.78, 5) is 24.7. The molecule has 0 aromatic carbocycles. The molecule has 2 rings (SSSR count). The van der Waals surface area contributed by atoms with E-state index in [2.05, 4.69) is 6.08 Å². The summed E-state index contributed by atoms with van der Waals surface area (Å²) in [5.41, 5.74) is 1.10. The number of hydrogen-bond acceptors (Lipinski definition) is 3. The van der Waals surface area contributed by atoms with Crippen molar-refractivity contribution in [2.75, 3.05) is 6.61 Å². The maximum atomic E-state index is 12.2. The summed E-state index contributed by atoms with van der Waals surface area (Å²) >= 11 is 0. The Morgan fingerprint density at radius 1 is 1.47 bits per heavy atom. The van der Waals surface area contributed by atoms with Crippen LogP contribution in [0.2, 0.25) is 0 Å². The second-order valence-electron chi connectivity index (χ2n) is 5.23. The van der Waals surface area contributed by atoms with E-state index in [0.29, 0.717) is 6.04 Å². The molecular formula is C14H21NO4. The number of hydrogen-bond donors (Lipinski definition) is 1. The van der Waals surface area contributed by atoms with Crippen molar-refractivity contribution in [2.24, 2.45) is 0 Å². The van der Waals surface area contributed by atoms with E-state index in [9.17, 15) is 9.59 Å². The largest absolute Gasteiger partial charge is 0.479 e. The number of carbonyl (C=O) groups excluding carboxylic acids is 1. The van der Waals surface area contributed by atoms with E-state index in [1.54, 1.807) is 0 Å². The van der Waals surface area contributed by atoms with Crippen molar-refractivity contribution in [2.45, 2.75) is 57.6 Å². The molecule has 5 heteroatoms. The van der Waals surface area contributed by atoms with E-state index in [1.807, 2.05) is 4.90 Å². The number of carboxylic acids is 1. The standard InChI is InChI=1S/C14H21NO4/c1-10(14(17)18)19-9-13(16)15(12-7-8-12)11-5-3-2-4-6-11/h5,10,12H,2-4,6-9H2,1H3,(H,17,18)/t10-/m1/s1. The van der Waals surface area contributed by atoms with Gasteiger partial charge in [-0.3, -0.25) is 4.79 Å². The molecule has 2 aliphatic rings. The fourth-order valence-electron chi connectivity index (χ4n) is 2.31. The molecule has 106 valence electrons. The average molecular weight is 267 g/mol. The van der Waals surface area contributed by atoms with Crippen LogP contribution < -0.4 is 0 Å². The number of carboxylic acid groups (broad SMARTS) is 1. The van der Waals surface area contributed by atoms with Gasteiger partial charge in [-0.15, -0.1) is 0 Å². The summed E-state index contributed by atoms with van der Waals surface area (Å²) in [5, 5.41) is 8.74. The lowest BCUT2D eigenvalue weighted by Gasteiger charge is -2.28. The predicted molar refractivity (Wildman–Crippen MR) is 69.5 cm³/mol. The van der Waals surface area contributed by atoms with Gasteiger partial charge < -0.3 is 14.7 Å². The summed E-state index contributed by atoms with van der Waals surface area (Å²) in [6.45, 7) is 1.29. The highest BCUT2D eigenvalue weighted by Gasteiger charge is 2.35. The highest BCUT2D eigenvalue weighted by molar-refractivity contribution is 5.80. The fourth-order valence-corrected chi connectivity index (χ4v) is 2.31. The predicted octanol–water partition coefficient (Wildman–Crippen LogP) is 1.93. The molecule has 1 fully saturated rings. The Kier molecular flexibility index (Phi) is 4.58. The zero-order valence-electron chi connectivity index (χ0n) is 11.3. The topological polar surface area (TPSA) is 66.8 Å². The molecule has 0 aromatic rings. The Labute approximate surface area is 113 Å². The zero-order valence-corrected chi connectivity index (χ0v) is 11.3. The van der Waals surface area contributed by atoms with Crippen molar-refractivity contribution in [1.82, 2.24) is 4.90 Å². The first-order valence-electron chi connectivity index (χ1n) is 6.95. The van der Waals surface area contributed by atoms with Crippen LogP contribution in [0.5, 0.6) is 0 Å². The van der Waals surface area contributed by atoms with Gasteiger partial charge in [0.2, 0.25) is 0 Å². The minimum atomic E-state index is -1.04. The lowest BCUT2D eigenvalue weighted by Crippen LogP contribution is -2.37. The van der Waals surface area contributed by atoms with Gasteiger partial charge in [-0.2, -0.15) is 0 Å². The van der Waals surface area contributed by atoms with Crippen LogP contribution >= 0.6 is 0 Å². The first-order valence-corrected chi connectivity index (χ1v) is 6.95. The number of amides is 1. The Hall–Kier alpha value is -1.36. The smallest absolute Gasteiger partial charge is 0.332 e. The van der Waals surface area contributed by atoms with Crippen molar-refractivity contribution in [1.29, 1.82) is 0 Å². The van der Waals surface area contributed by atoms with Crippen LogP contribution in [-0.4, -0.2) is 40.6 Å². The number of ether oxygens (including phenoxy) is 1. The Balaban J connectivity index is 1.93. The molecule has 0 aromatic heterocycles. The van der Waals surface area contributed by atoms with Crippen LogP contribution in [0.3, 0.4) is 0 Å². The first kappa shape index (κ1) is 14.1. The third kappa shape index (κ3) is 3.80. The Bertz CT molecular complexity index is 387. The van der Waals surface area contributed by atoms with E-state index >= 15 is 0 Å². The summed E-state index contributed by atoms with van der Waals surface area (Å²) in [7, 11) is 0. The lowest BCUT2D eigenvalue weighted by molar-refractivity contribution is -0.152. The van der Waals surface area contributed by atoms with Crippen molar-refractivity contribution in [3.8, 4) is 0 Å². The van der Waals surface area contributed by atoms with Crippen molar-refractivity contribution in [3.05, 3.63) is 11.8 Å². The Morgan fingerprint density at radius 3 is 2.74 bits per heavy atom. The number of rotatable bonds is 6. The second-order valence-corrected chi connectivity index (χ2v) is 5.23. The molecule has 0 spiro atoms. The van der Waals surface area contributed by atoms with Crippen LogP contribution in [0, 0.1) is 0 Å². The van der Waals surface area contributed by atoms with Gasteiger partial charge in [0.05, 0.1) is 0 Å². The molecule has 5 nitrogen and oxygen atoms in total. The van der Waals surface area contributed by atoms with Crippen molar-refractivity contribution in [3.63, 3.8) is 0 Å². The van der Waals surface area contributed by atoms with Gasteiger partial charge in [0, 0.05) is 11.7 Å². The molecule has 1 saturated carbocycles. The molecule has 0 saturated heterocycles. The zero-order chi connectivity index (χ0) is 13.8. The fraction of sp³-hybridized carbons (Fsp3) is 0.714. The van der Waals surface area contributed by atoms with Crippen LogP contribution in [-0.2, 0) is 14.3 Å². The third-order valence-corrected chi connectivity index (χ3v) is 3.56. The van der Waals surface area contributed by atoms with Gasteiger partial charge in [0.1, 0.15) is 6.61 Å². The molecule has 0 bridgehead atoms. The third-order valence-electron chi connectivity index (χ3n) is 3.56. The average Bonchev–Trinajstić information content (AvgIpc) is 3.22. The van der Waals surface area contributed by atoms with Gasteiger partial charge in [0.25, 0.3) is 5.91 Å². The van der Waals surface area contributed by atoms with E-state index in [1.165, 1.54) is 13.3 Å². The second kappa shape index (κ2) is 6.19. The summed E-state index contributed by atoms with van der Waals surface area (Å²) in [6, 6.07) is 0.306. The minimum Gasteiger partial charge on any atom is -0.479 e. The quantitative estimate of drug-likeness (QED) is 0.798. The molecular weight excluding hydrogens is 246 g/mol. The molecule has 19 heavy (non-hydrogen) atoms. The molecule has 0 unspecified atom stereocenters. The van der Waals surface area contributed by atoms with E-state index in [4.69, 9.17) is 9.84 Å². The summed E-state index contributed by atoms with van der Waals surface area (Å²) < 4.78 is 5.10. The molecule has 1 atom stereocenters. The molecule has 2 aliphatic carbocycles. The van der Waals surface area contributed by atoms with Crippen molar-refractivity contribution < 1.29 is 19.4 Å². The number of allylic oxidation sites excluding steroid dienone is 2. The van der Waals surface area contributed by atoms with Gasteiger partial charge in [0.15, 0.2) is 6.10 Å². The van der Waals surface area contributed by atoms with E-state index in [0.717, 1.165) is 37.8 Å².